The maximum atomic E-state index is 12.5. The first-order valence-corrected chi connectivity index (χ1v) is 5.57. The molecule has 14 heavy (non-hydrogen) atoms. The van der Waals surface area contributed by atoms with E-state index in [2.05, 4.69) is 15.3 Å². The number of nitrogens with one attached hydrogen (secondary N) is 1. The average molecular weight is 215 g/mol. The summed E-state index contributed by atoms with van der Waals surface area (Å²) in [7, 11) is -1.22. The lowest BCUT2D eigenvalue weighted by molar-refractivity contribution is 0.601. The fourth-order valence-corrected chi connectivity index (χ4v) is 2.58. The zero-order chi connectivity index (χ0) is 9.97. The summed E-state index contributed by atoms with van der Waals surface area (Å²) < 4.78 is 24.3. The lowest BCUT2D eigenvalue weighted by atomic mass is 10.4. The molecule has 0 spiro atoms. The zero-order valence-corrected chi connectivity index (χ0v) is 8.26. The summed E-state index contributed by atoms with van der Waals surface area (Å²) in [5, 5.41) is 3.39. The van der Waals surface area contributed by atoms with E-state index in [4.69, 9.17) is 0 Å². The van der Waals surface area contributed by atoms with Gasteiger partial charge >= 0.3 is 0 Å². The molecule has 1 aromatic rings. The molecule has 0 unspecified atom stereocenters. The molecule has 4 nitrogen and oxygen atoms in total. The van der Waals surface area contributed by atoms with Crippen LogP contribution in [0.1, 0.15) is 6.42 Å². The Morgan fingerprint density at radius 2 is 2.21 bits per heavy atom. The first kappa shape index (κ1) is 9.67. The van der Waals surface area contributed by atoms with Crippen LogP contribution in [0, 0.1) is 5.82 Å². The Kier molecular flexibility index (Phi) is 2.83. The molecule has 1 aromatic heterocycles. The minimum Gasteiger partial charge on any atom is -0.315 e. The molecule has 1 saturated heterocycles. The quantitative estimate of drug-likeness (QED) is 0.710. The number of hydrogen-bond acceptors (Lipinski definition) is 4. The second-order valence-corrected chi connectivity index (χ2v) is 4.72. The highest BCUT2D eigenvalue weighted by molar-refractivity contribution is 7.85. The Balaban J connectivity index is 2.14. The van der Waals surface area contributed by atoms with Crippen LogP contribution in [0.2, 0.25) is 0 Å². The van der Waals surface area contributed by atoms with Gasteiger partial charge in [0.05, 0.1) is 28.4 Å². The van der Waals surface area contributed by atoms with Crippen LogP contribution in [-0.2, 0) is 10.8 Å². The van der Waals surface area contributed by atoms with Gasteiger partial charge in [-0.15, -0.1) is 0 Å². The summed E-state index contributed by atoms with van der Waals surface area (Å²) in [4.78, 5) is 7.42. The van der Waals surface area contributed by atoms with Crippen LogP contribution in [-0.4, -0.2) is 32.5 Å². The van der Waals surface area contributed by atoms with Gasteiger partial charge in [0.25, 0.3) is 0 Å². The molecule has 1 fully saturated rings. The van der Waals surface area contributed by atoms with E-state index in [0.717, 1.165) is 25.4 Å². The minimum absolute atomic E-state index is 0.0560. The molecular weight excluding hydrogens is 205 g/mol. The van der Waals surface area contributed by atoms with Crippen molar-refractivity contribution in [1.82, 2.24) is 15.3 Å². The highest BCUT2D eigenvalue weighted by Gasteiger charge is 2.23. The van der Waals surface area contributed by atoms with Crippen molar-refractivity contribution in [3.8, 4) is 0 Å². The van der Waals surface area contributed by atoms with Crippen LogP contribution in [0.15, 0.2) is 17.6 Å². The zero-order valence-electron chi connectivity index (χ0n) is 7.44. The van der Waals surface area contributed by atoms with Gasteiger partial charge in [-0.25, -0.2) is 14.4 Å². The van der Waals surface area contributed by atoms with E-state index in [9.17, 15) is 8.60 Å². The number of aromatic nitrogens is 2. The normalized spacial score (nSPS) is 23.6. The molecule has 0 bridgehead atoms. The van der Waals surface area contributed by atoms with E-state index >= 15 is 0 Å². The van der Waals surface area contributed by atoms with Gasteiger partial charge in [0.1, 0.15) is 0 Å². The number of halogens is 1. The molecule has 1 aliphatic rings. The fraction of sp³-hybridized carbons (Fsp3) is 0.500. The number of hydrogen-bond donors (Lipinski definition) is 1. The maximum Gasteiger partial charge on any atom is 0.218 e. The van der Waals surface area contributed by atoms with Crippen LogP contribution in [0.25, 0.3) is 0 Å². The van der Waals surface area contributed by atoms with Crippen LogP contribution >= 0.6 is 0 Å². The third-order valence-corrected chi connectivity index (χ3v) is 3.67. The summed E-state index contributed by atoms with van der Waals surface area (Å²) in [5.74, 6) is -0.504. The van der Waals surface area contributed by atoms with Crippen LogP contribution in [0.5, 0.6) is 0 Å². The molecule has 1 N–H and O–H groups in total. The number of nitrogens with zero attached hydrogens (tertiary/aromatic N) is 2. The highest BCUT2D eigenvalue weighted by Crippen LogP contribution is 2.11. The first-order valence-electron chi connectivity index (χ1n) is 4.36. The largest absolute Gasteiger partial charge is 0.315 e. The summed E-state index contributed by atoms with van der Waals surface area (Å²) >= 11 is 0. The Labute approximate surface area is 83.4 Å². The third kappa shape index (κ3) is 1.96. The minimum atomic E-state index is -1.22. The Morgan fingerprint density at radius 1 is 1.50 bits per heavy atom. The maximum absolute atomic E-state index is 12.5. The molecule has 0 aliphatic carbocycles. The molecule has 1 aliphatic heterocycles. The van der Waals surface area contributed by atoms with Gasteiger partial charge in [-0.05, 0) is 13.0 Å². The lowest BCUT2D eigenvalue weighted by Gasteiger charge is -2.05. The van der Waals surface area contributed by atoms with Crippen LogP contribution in [0.4, 0.5) is 4.39 Å². The Morgan fingerprint density at radius 3 is 2.79 bits per heavy atom. The second kappa shape index (κ2) is 4.10. The summed E-state index contributed by atoms with van der Waals surface area (Å²) in [6.45, 7) is 1.59. The van der Waals surface area contributed by atoms with Crippen molar-refractivity contribution in [2.75, 3.05) is 13.1 Å². The van der Waals surface area contributed by atoms with Gasteiger partial charge in [0, 0.05) is 6.54 Å². The van der Waals surface area contributed by atoms with E-state index in [1.807, 2.05) is 0 Å². The summed E-state index contributed by atoms with van der Waals surface area (Å²) in [6.07, 6.45) is 2.94. The van der Waals surface area contributed by atoms with Gasteiger partial charge in [-0.2, -0.15) is 0 Å². The SMILES string of the molecule is O=[S@](c1ncc(F)cn1)[C@H]1CCNC1. The van der Waals surface area contributed by atoms with E-state index in [-0.39, 0.29) is 10.4 Å². The molecule has 0 saturated carbocycles. The van der Waals surface area contributed by atoms with E-state index in [0.29, 0.717) is 6.54 Å². The van der Waals surface area contributed by atoms with Gasteiger partial charge in [-0.3, -0.25) is 4.21 Å². The van der Waals surface area contributed by atoms with E-state index < -0.39 is 16.6 Å². The Hall–Kier alpha value is -0.880. The molecule has 2 atom stereocenters. The predicted octanol–water partition coefficient (Wildman–Crippen LogP) is 0.0852. The van der Waals surface area contributed by atoms with Crippen LogP contribution < -0.4 is 5.32 Å². The predicted molar refractivity (Wildman–Crippen MR) is 49.7 cm³/mol. The summed E-state index contributed by atoms with van der Waals surface area (Å²) in [5.41, 5.74) is 0. The van der Waals surface area contributed by atoms with Gasteiger partial charge < -0.3 is 5.32 Å². The topological polar surface area (TPSA) is 54.9 Å². The van der Waals surface area contributed by atoms with Crippen molar-refractivity contribution < 1.29 is 8.60 Å². The number of rotatable bonds is 2. The molecule has 0 aromatic carbocycles. The highest BCUT2D eigenvalue weighted by atomic mass is 32.2. The molecule has 2 heterocycles. The molecule has 76 valence electrons. The third-order valence-electron chi connectivity index (χ3n) is 2.09. The molecule has 0 amide bonds. The smallest absolute Gasteiger partial charge is 0.218 e. The molecule has 0 radical (unpaired) electrons. The second-order valence-electron chi connectivity index (χ2n) is 3.10. The summed E-state index contributed by atoms with van der Waals surface area (Å²) in [6, 6.07) is 0. The standard InChI is InChI=1S/C8H10FN3OS/c9-6-3-11-8(12-4-6)14(13)7-1-2-10-5-7/h3-4,7,10H,1-2,5H2/t7-,14-/m0/s1. The van der Waals surface area contributed by atoms with E-state index in [1.165, 1.54) is 0 Å². The van der Waals surface area contributed by atoms with Crippen molar-refractivity contribution in [3.05, 3.63) is 18.2 Å². The van der Waals surface area contributed by atoms with Crippen molar-refractivity contribution in [2.45, 2.75) is 16.8 Å². The van der Waals surface area contributed by atoms with Gasteiger partial charge in [0.2, 0.25) is 5.16 Å². The van der Waals surface area contributed by atoms with Gasteiger partial charge in [0.15, 0.2) is 5.82 Å². The van der Waals surface area contributed by atoms with Crippen molar-refractivity contribution >= 4 is 10.8 Å². The fourth-order valence-electron chi connectivity index (χ4n) is 1.36. The van der Waals surface area contributed by atoms with Crippen molar-refractivity contribution in [2.24, 2.45) is 0 Å². The average Bonchev–Trinajstić information content (AvgIpc) is 2.71. The first-order chi connectivity index (χ1) is 6.77. The van der Waals surface area contributed by atoms with Crippen LogP contribution in [0.3, 0.4) is 0 Å². The van der Waals surface area contributed by atoms with Gasteiger partial charge in [-0.1, -0.05) is 0 Å². The van der Waals surface area contributed by atoms with Crippen molar-refractivity contribution in [3.63, 3.8) is 0 Å². The molecule has 6 heteroatoms. The lowest BCUT2D eigenvalue weighted by Crippen LogP contribution is -2.20. The monoisotopic (exact) mass is 215 g/mol. The van der Waals surface area contributed by atoms with Crippen molar-refractivity contribution in [1.29, 1.82) is 0 Å². The van der Waals surface area contributed by atoms with E-state index in [1.54, 1.807) is 0 Å². The Bertz CT molecular complexity index is 337. The molecular formula is C8H10FN3OS. The molecule has 2 rings (SSSR count).